The Morgan fingerprint density at radius 2 is 1.67 bits per heavy atom. The van der Waals surface area contributed by atoms with Crippen molar-refractivity contribution in [3.8, 4) is 0 Å². The Morgan fingerprint density at radius 3 is 2.17 bits per heavy atom. The quantitative estimate of drug-likeness (QED) is 0.494. The lowest BCUT2D eigenvalue weighted by Crippen LogP contribution is -2.00. The van der Waals surface area contributed by atoms with Gasteiger partial charge in [0, 0.05) is 0 Å². The van der Waals surface area contributed by atoms with Crippen molar-refractivity contribution in [1.82, 2.24) is 0 Å². The summed E-state index contributed by atoms with van der Waals surface area (Å²) in [6.07, 6.45) is 9.45. The van der Waals surface area contributed by atoms with Crippen LogP contribution in [0.25, 0.3) is 0 Å². The van der Waals surface area contributed by atoms with Gasteiger partial charge in [-0.1, -0.05) is 59.8 Å². The Hall–Kier alpha value is 0. The first-order valence-corrected chi connectivity index (χ1v) is 5.51. The highest BCUT2D eigenvalue weighted by Crippen LogP contribution is 2.16. The second-order valence-electron chi connectivity index (χ2n) is 4.26. The van der Waals surface area contributed by atoms with Crippen LogP contribution in [0.3, 0.4) is 0 Å². The smallest absolute Gasteiger partial charge is 0.0332 e. The molecular formula is C12H25. The first-order valence-electron chi connectivity index (χ1n) is 5.51. The molecule has 0 heterocycles. The van der Waals surface area contributed by atoms with Crippen LogP contribution in [-0.2, 0) is 0 Å². The van der Waals surface area contributed by atoms with Crippen LogP contribution in [0.15, 0.2) is 0 Å². The lowest BCUT2D eigenvalue weighted by atomic mass is 9.94. The predicted octanol–water partition coefficient (Wildman–Crippen LogP) is 4.45. The molecule has 12 heavy (non-hydrogen) atoms. The van der Waals surface area contributed by atoms with E-state index in [1.807, 2.05) is 0 Å². The third-order valence-electron chi connectivity index (χ3n) is 2.23. The van der Waals surface area contributed by atoms with Crippen LogP contribution in [0.1, 0.15) is 59.8 Å². The molecule has 0 saturated heterocycles. The fourth-order valence-electron chi connectivity index (χ4n) is 1.65. The van der Waals surface area contributed by atoms with E-state index in [4.69, 9.17) is 0 Å². The van der Waals surface area contributed by atoms with Crippen LogP contribution >= 0.6 is 0 Å². The van der Waals surface area contributed by atoms with Crippen molar-refractivity contribution < 1.29 is 0 Å². The molecule has 0 aliphatic heterocycles. The maximum absolute atomic E-state index is 2.46. The van der Waals surface area contributed by atoms with Gasteiger partial charge < -0.3 is 0 Å². The third-order valence-corrected chi connectivity index (χ3v) is 2.23. The number of hydrogen-bond acceptors (Lipinski definition) is 0. The molecule has 0 aromatic heterocycles. The van der Waals surface area contributed by atoms with Crippen LogP contribution < -0.4 is 0 Å². The molecule has 0 rings (SSSR count). The Labute approximate surface area is 78.8 Å². The molecule has 1 radical (unpaired) electrons. The molecule has 0 N–H and O–H groups in total. The van der Waals surface area contributed by atoms with Crippen molar-refractivity contribution >= 4 is 0 Å². The molecule has 73 valence electrons. The van der Waals surface area contributed by atoms with Crippen molar-refractivity contribution in [3.05, 3.63) is 6.42 Å². The monoisotopic (exact) mass is 169 g/mol. The molecule has 1 unspecified atom stereocenters. The SMILES string of the molecule is CCCCCCC(C)[CH]C(C)C. The van der Waals surface area contributed by atoms with E-state index in [0.29, 0.717) is 0 Å². The fourth-order valence-corrected chi connectivity index (χ4v) is 1.65. The van der Waals surface area contributed by atoms with Gasteiger partial charge in [0.2, 0.25) is 0 Å². The zero-order valence-corrected chi connectivity index (χ0v) is 9.27. The minimum atomic E-state index is 0.756. The normalized spacial score (nSPS) is 13.8. The van der Waals surface area contributed by atoms with E-state index in [1.54, 1.807) is 0 Å². The molecule has 0 heteroatoms. The van der Waals surface area contributed by atoms with Crippen molar-refractivity contribution in [2.24, 2.45) is 11.8 Å². The van der Waals surface area contributed by atoms with E-state index in [0.717, 1.165) is 11.8 Å². The molecule has 0 nitrogen and oxygen atoms in total. The fraction of sp³-hybridized carbons (Fsp3) is 0.917. The summed E-state index contributed by atoms with van der Waals surface area (Å²) in [5.41, 5.74) is 0. The molecule has 0 aliphatic carbocycles. The Balaban J connectivity index is 3.14. The van der Waals surface area contributed by atoms with Crippen LogP contribution in [0.5, 0.6) is 0 Å². The van der Waals surface area contributed by atoms with Gasteiger partial charge >= 0.3 is 0 Å². The van der Waals surface area contributed by atoms with E-state index in [9.17, 15) is 0 Å². The van der Waals surface area contributed by atoms with E-state index in [-0.39, 0.29) is 0 Å². The first-order chi connectivity index (χ1) is 5.66. The maximum atomic E-state index is 2.46. The Kier molecular flexibility index (Phi) is 7.64. The summed E-state index contributed by atoms with van der Waals surface area (Å²) < 4.78 is 0. The van der Waals surface area contributed by atoms with Crippen LogP contribution in [0, 0.1) is 18.3 Å². The van der Waals surface area contributed by atoms with Gasteiger partial charge in [-0.25, -0.2) is 0 Å². The summed E-state index contributed by atoms with van der Waals surface area (Å²) in [5.74, 6) is 1.58. The van der Waals surface area contributed by atoms with Crippen molar-refractivity contribution in [2.45, 2.75) is 59.8 Å². The van der Waals surface area contributed by atoms with E-state index in [1.165, 1.54) is 32.1 Å². The molecule has 1 atom stereocenters. The summed E-state index contributed by atoms with van der Waals surface area (Å²) in [6, 6.07) is 0. The summed E-state index contributed by atoms with van der Waals surface area (Å²) in [5, 5.41) is 0. The topological polar surface area (TPSA) is 0 Å². The number of hydrogen-bond donors (Lipinski definition) is 0. The molecule has 0 fully saturated rings. The van der Waals surface area contributed by atoms with Gasteiger partial charge in [0.25, 0.3) is 0 Å². The highest BCUT2D eigenvalue weighted by Gasteiger charge is 2.04. The minimum absolute atomic E-state index is 0.756. The number of unbranched alkanes of at least 4 members (excludes halogenated alkanes) is 3. The van der Waals surface area contributed by atoms with Gasteiger partial charge in [0.15, 0.2) is 0 Å². The maximum Gasteiger partial charge on any atom is -0.0332 e. The van der Waals surface area contributed by atoms with Gasteiger partial charge in [-0.2, -0.15) is 0 Å². The summed E-state index contributed by atoms with van der Waals surface area (Å²) in [4.78, 5) is 0. The van der Waals surface area contributed by atoms with E-state index < -0.39 is 0 Å². The second-order valence-corrected chi connectivity index (χ2v) is 4.26. The Morgan fingerprint density at radius 1 is 1.00 bits per heavy atom. The standard InChI is InChI=1S/C12H25/c1-5-6-7-8-9-12(4)10-11(2)3/h10-12H,5-9H2,1-4H3. The largest absolute Gasteiger partial charge is 0.0654 e. The molecule has 0 aliphatic rings. The van der Waals surface area contributed by atoms with E-state index in [2.05, 4.69) is 34.1 Å². The van der Waals surface area contributed by atoms with Crippen molar-refractivity contribution in [1.29, 1.82) is 0 Å². The predicted molar refractivity (Wildman–Crippen MR) is 57.1 cm³/mol. The highest BCUT2D eigenvalue weighted by molar-refractivity contribution is 4.75. The zero-order chi connectivity index (χ0) is 9.40. The van der Waals surface area contributed by atoms with Crippen LogP contribution in [0.4, 0.5) is 0 Å². The molecule has 0 saturated carbocycles. The van der Waals surface area contributed by atoms with Crippen molar-refractivity contribution in [2.75, 3.05) is 0 Å². The molecule has 0 spiro atoms. The molecule has 0 aromatic carbocycles. The molecular weight excluding hydrogens is 144 g/mol. The van der Waals surface area contributed by atoms with Gasteiger partial charge in [-0.05, 0) is 18.3 Å². The number of rotatable bonds is 7. The lowest BCUT2D eigenvalue weighted by Gasteiger charge is -2.12. The summed E-state index contributed by atoms with van der Waals surface area (Å²) >= 11 is 0. The average molecular weight is 169 g/mol. The van der Waals surface area contributed by atoms with Crippen LogP contribution in [0.2, 0.25) is 0 Å². The second kappa shape index (κ2) is 7.64. The van der Waals surface area contributed by atoms with Gasteiger partial charge in [-0.3, -0.25) is 0 Å². The molecule has 0 bridgehead atoms. The molecule has 0 aromatic rings. The summed E-state index contributed by atoms with van der Waals surface area (Å²) in [6.45, 7) is 9.14. The average Bonchev–Trinajstić information content (AvgIpc) is 1.97. The van der Waals surface area contributed by atoms with E-state index >= 15 is 0 Å². The summed E-state index contributed by atoms with van der Waals surface area (Å²) in [7, 11) is 0. The minimum Gasteiger partial charge on any atom is -0.0654 e. The van der Waals surface area contributed by atoms with Gasteiger partial charge in [0.05, 0.1) is 0 Å². The molecule has 0 amide bonds. The third kappa shape index (κ3) is 8.10. The lowest BCUT2D eigenvalue weighted by molar-refractivity contribution is 0.497. The van der Waals surface area contributed by atoms with Crippen LogP contribution in [-0.4, -0.2) is 0 Å². The van der Waals surface area contributed by atoms with Gasteiger partial charge in [-0.15, -0.1) is 0 Å². The van der Waals surface area contributed by atoms with Gasteiger partial charge in [0.1, 0.15) is 0 Å². The highest BCUT2D eigenvalue weighted by atomic mass is 14.1. The first kappa shape index (κ1) is 12.0. The van der Waals surface area contributed by atoms with Crippen molar-refractivity contribution in [3.63, 3.8) is 0 Å². The Bertz CT molecular complexity index is 84.0. The zero-order valence-electron chi connectivity index (χ0n) is 9.27.